The maximum atomic E-state index is 13.2. The van der Waals surface area contributed by atoms with Gasteiger partial charge in [-0.1, -0.05) is 41.5 Å². The number of benzene rings is 2. The van der Waals surface area contributed by atoms with E-state index in [2.05, 4.69) is 29.4 Å². The maximum absolute atomic E-state index is 13.2. The second-order valence-corrected chi connectivity index (χ2v) is 7.26. The van der Waals surface area contributed by atoms with Gasteiger partial charge in [-0.15, -0.1) is 0 Å². The summed E-state index contributed by atoms with van der Waals surface area (Å²) in [5, 5.41) is 4.33. The molecule has 0 aliphatic carbocycles. The van der Waals surface area contributed by atoms with Crippen LogP contribution in [0.1, 0.15) is 44.1 Å². The average molecular weight is 345 g/mol. The first-order chi connectivity index (χ1) is 12.5. The lowest BCUT2D eigenvalue weighted by Crippen LogP contribution is -2.38. The van der Waals surface area contributed by atoms with Crippen LogP contribution in [0.25, 0.3) is 0 Å². The number of rotatable bonds is 2. The van der Waals surface area contributed by atoms with E-state index in [0.29, 0.717) is 13.1 Å². The van der Waals surface area contributed by atoms with Crippen LogP contribution in [0.3, 0.4) is 0 Å². The molecule has 0 bridgehead atoms. The number of nitrogens with zero attached hydrogens (tertiary/aromatic N) is 3. The number of carbonyl (C=O) groups excluding carboxylic acids is 1. The zero-order valence-electron chi connectivity index (χ0n) is 15.4. The monoisotopic (exact) mass is 345 g/mol. The van der Waals surface area contributed by atoms with Crippen molar-refractivity contribution in [1.82, 2.24) is 14.7 Å². The molecule has 4 rings (SSSR count). The Morgan fingerprint density at radius 2 is 1.85 bits per heavy atom. The molecule has 1 unspecified atom stereocenters. The molecule has 26 heavy (non-hydrogen) atoms. The van der Waals surface area contributed by atoms with Gasteiger partial charge in [-0.3, -0.25) is 9.48 Å². The second-order valence-electron chi connectivity index (χ2n) is 7.26. The van der Waals surface area contributed by atoms with Crippen molar-refractivity contribution < 1.29 is 4.79 Å². The van der Waals surface area contributed by atoms with E-state index in [1.807, 2.05) is 61.1 Å². The summed E-state index contributed by atoms with van der Waals surface area (Å²) in [6, 6.07) is 14.5. The number of aryl methyl sites for hydroxylation is 3. The van der Waals surface area contributed by atoms with Crippen molar-refractivity contribution in [2.75, 3.05) is 6.54 Å². The van der Waals surface area contributed by atoms with Crippen LogP contribution in [0.2, 0.25) is 0 Å². The molecule has 0 fully saturated rings. The molecule has 1 aromatic heterocycles. The molecule has 4 nitrogen and oxygen atoms in total. The Hall–Kier alpha value is -2.88. The fourth-order valence-corrected chi connectivity index (χ4v) is 3.95. The Labute approximate surface area is 154 Å². The smallest absolute Gasteiger partial charge is 0.254 e. The van der Waals surface area contributed by atoms with E-state index in [-0.39, 0.29) is 11.8 Å². The summed E-state index contributed by atoms with van der Waals surface area (Å²) >= 11 is 0. The first-order valence-corrected chi connectivity index (χ1v) is 8.95. The van der Waals surface area contributed by atoms with Gasteiger partial charge in [0, 0.05) is 37.8 Å². The van der Waals surface area contributed by atoms with Gasteiger partial charge >= 0.3 is 0 Å². The third-order valence-electron chi connectivity index (χ3n) is 5.08. The molecule has 2 heterocycles. The van der Waals surface area contributed by atoms with Crippen LogP contribution in [0.4, 0.5) is 0 Å². The highest BCUT2D eigenvalue weighted by atomic mass is 16.2. The van der Waals surface area contributed by atoms with Crippen molar-refractivity contribution >= 4 is 5.91 Å². The number of carbonyl (C=O) groups is 1. The van der Waals surface area contributed by atoms with Crippen LogP contribution in [0.5, 0.6) is 0 Å². The quantitative estimate of drug-likeness (QED) is 0.708. The molecule has 1 aliphatic rings. The van der Waals surface area contributed by atoms with Gasteiger partial charge in [-0.25, -0.2) is 0 Å². The summed E-state index contributed by atoms with van der Waals surface area (Å²) in [4.78, 5) is 15.2. The molecular weight excluding hydrogens is 322 g/mol. The van der Waals surface area contributed by atoms with Crippen LogP contribution in [0.15, 0.2) is 54.9 Å². The molecule has 1 amide bonds. The van der Waals surface area contributed by atoms with E-state index in [4.69, 9.17) is 0 Å². The topological polar surface area (TPSA) is 38.1 Å². The van der Waals surface area contributed by atoms with E-state index in [9.17, 15) is 4.79 Å². The molecule has 1 aliphatic heterocycles. The maximum Gasteiger partial charge on any atom is 0.254 e. The van der Waals surface area contributed by atoms with Gasteiger partial charge in [-0.2, -0.15) is 5.10 Å². The van der Waals surface area contributed by atoms with Crippen molar-refractivity contribution in [2.24, 2.45) is 7.05 Å². The molecule has 132 valence electrons. The highest BCUT2D eigenvalue weighted by Gasteiger charge is 2.30. The fourth-order valence-electron chi connectivity index (χ4n) is 3.95. The van der Waals surface area contributed by atoms with Gasteiger partial charge in [0.05, 0.1) is 6.20 Å². The summed E-state index contributed by atoms with van der Waals surface area (Å²) in [6.07, 6.45) is 3.96. The second kappa shape index (κ2) is 6.45. The first-order valence-electron chi connectivity index (χ1n) is 8.95. The van der Waals surface area contributed by atoms with Gasteiger partial charge in [0.25, 0.3) is 5.91 Å². The first kappa shape index (κ1) is 16.6. The number of hydrogen-bond acceptors (Lipinski definition) is 2. The van der Waals surface area contributed by atoms with E-state index >= 15 is 0 Å². The summed E-state index contributed by atoms with van der Waals surface area (Å²) in [6.45, 7) is 5.40. The summed E-state index contributed by atoms with van der Waals surface area (Å²) in [5.41, 5.74) is 6.67. The summed E-state index contributed by atoms with van der Waals surface area (Å²) < 4.78 is 1.82. The summed E-state index contributed by atoms with van der Waals surface area (Å²) in [7, 11) is 1.93. The minimum absolute atomic E-state index is 0.0974. The zero-order valence-corrected chi connectivity index (χ0v) is 15.4. The van der Waals surface area contributed by atoms with Crippen LogP contribution in [-0.4, -0.2) is 27.1 Å². The number of fused-ring (bicyclic) bond motifs is 1. The Kier molecular flexibility index (Phi) is 4.11. The SMILES string of the molecule is Cc1cc(C)cc(C(=O)N2Cc3ccccc3C(c3cnn(C)c3)C2)c1. The van der Waals surface area contributed by atoms with Crippen LogP contribution in [-0.2, 0) is 13.6 Å². The lowest BCUT2D eigenvalue weighted by molar-refractivity contribution is 0.0725. The Morgan fingerprint density at radius 3 is 2.54 bits per heavy atom. The molecule has 0 radical (unpaired) electrons. The molecule has 0 N–H and O–H groups in total. The predicted molar refractivity (Wildman–Crippen MR) is 102 cm³/mol. The van der Waals surface area contributed by atoms with Gasteiger partial charge in [-0.05, 0) is 42.7 Å². The van der Waals surface area contributed by atoms with E-state index < -0.39 is 0 Å². The van der Waals surface area contributed by atoms with E-state index in [1.165, 1.54) is 11.1 Å². The van der Waals surface area contributed by atoms with E-state index in [1.54, 1.807) is 0 Å². The van der Waals surface area contributed by atoms with Gasteiger partial charge < -0.3 is 4.90 Å². The van der Waals surface area contributed by atoms with Crippen molar-refractivity contribution in [3.05, 3.63) is 88.2 Å². The van der Waals surface area contributed by atoms with Gasteiger partial charge in [0.1, 0.15) is 0 Å². The number of hydrogen-bond donors (Lipinski definition) is 0. The zero-order chi connectivity index (χ0) is 18.3. The molecule has 3 aromatic rings. The molecule has 0 spiro atoms. The lowest BCUT2D eigenvalue weighted by Gasteiger charge is -2.34. The standard InChI is InChI=1S/C22H23N3O/c1-15-8-16(2)10-18(9-15)22(26)25-13-17-6-4-5-7-20(17)21(14-25)19-11-23-24(3)12-19/h4-12,21H,13-14H2,1-3H3. The highest BCUT2D eigenvalue weighted by Crippen LogP contribution is 2.34. The molecular formula is C22H23N3O. The van der Waals surface area contributed by atoms with Gasteiger partial charge in [0.2, 0.25) is 0 Å². The van der Waals surface area contributed by atoms with Crippen molar-refractivity contribution in [3.8, 4) is 0 Å². The average Bonchev–Trinajstić information content (AvgIpc) is 3.05. The molecule has 2 aromatic carbocycles. The van der Waals surface area contributed by atoms with Crippen molar-refractivity contribution in [2.45, 2.75) is 26.3 Å². The van der Waals surface area contributed by atoms with Crippen molar-refractivity contribution in [1.29, 1.82) is 0 Å². The Morgan fingerprint density at radius 1 is 1.12 bits per heavy atom. The normalized spacial score (nSPS) is 16.4. The van der Waals surface area contributed by atoms with Crippen LogP contribution >= 0.6 is 0 Å². The fraction of sp³-hybridized carbons (Fsp3) is 0.273. The van der Waals surface area contributed by atoms with E-state index in [0.717, 1.165) is 22.3 Å². The van der Waals surface area contributed by atoms with Crippen LogP contribution < -0.4 is 0 Å². The molecule has 1 atom stereocenters. The molecule has 0 saturated carbocycles. The lowest BCUT2D eigenvalue weighted by atomic mass is 9.85. The Balaban J connectivity index is 1.72. The third-order valence-corrected chi connectivity index (χ3v) is 5.08. The largest absolute Gasteiger partial charge is 0.333 e. The number of amides is 1. The predicted octanol–water partition coefficient (Wildman–Crippen LogP) is 3.82. The minimum Gasteiger partial charge on any atom is -0.333 e. The number of aromatic nitrogens is 2. The van der Waals surface area contributed by atoms with Gasteiger partial charge in [0.15, 0.2) is 0 Å². The van der Waals surface area contributed by atoms with Crippen molar-refractivity contribution in [3.63, 3.8) is 0 Å². The Bertz CT molecular complexity index is 953. The molecule has 0 saturated heterocycles. The highest BCUT2D eigenvalue weighted by molar-refractivity contribution is 5.94. The minimum atomic E-state index is 0.0974. The molecule has 4 heteroatoms. The van der Waals surface area contributed by atoms with Crippen LogP contribution in [0, 0.1) is 13.8 Å². The third kappa shape index (κ3) is 3.03. The summed E-state index contributed by atoms with van der Waals surface area (Å²) in [5.74, 6) is 0.253.